The fourth-order valence-corrected chi connectivity index (χ4v) is 4.63. The number of carbonyl (C=O) groups excluding carboxylic acids is 2. The molecule has 1 saturated heterocycles. The van der Waals surface area contributed by atoms with Gasteiger partial charge in [-0.05, 0) is 65.7 Å². The lowest BCUT2D eigenvalue weighted by atomic mass is 9.82. The van der Waals surface area contributed by atoms with Crippen LogP contribution in [-0.4, -0.2) is 47.2 Å². The summed E-state index contributed by atoms with van der Waals surface area (Å²) in [6.07, 6.45) is 6.00. The summed E-state index contributed by atoms with van der Waals surface area (Å²) >= 11 is 0. The molecule has 3 rings (SSSR count). The number of hydrogen-bond donors (Lipinski definition) is 2. The second kappa shape index (κ2) is 5.90. The van der Waals surface area contributed by atoms with Crippen LogP contribution in [0.5, 0.6) is 0 Å². The lowest BCUT2D eigenvalue weighted by Gasteiger charge is -2.38. The van der Waals surface area contributed by atoms with E-state index < -0.39 is 11.7 Å². The third-order valence-corrected chi connectivity index (χ3v) is 5.78. The molecule has 0 unspecified atom stereocenters. The van der Waals surface area contributed by atoms with E-state index in [-0.39, 0.29) is 22.9 Å². The molecule has 2 bridgehead atoms. The average Bonchev–Trinajstić information content (AvgIpc) is 2.99. The van der Waals surface area contributed by atoms with Gasteiger partial charge in [0.25, 0.3) is 0 Å². The number of nitrogens with zero attached hydrogens (tertiary/aromatic N) is 1. The highest BCUT2D eigenvalue weighted by atomic mass is 16.6. The molecule has 0 spiro atoms. The van der Waals surface area contributed by atoms with E-state index in [4.69, 9.17) is 10.5 Å². The number of ether oxygens (including phenoxy) is 1. The van der Waals surface area contributed by atoms with Gasteiger partial charge in [-0.15, -0.1) is 0 Å². The van der Waals surface area contributed by atoms with Crippen molar-refractivity contribution >= 4 is 12.0 Å². The number of nitrogens with two attached hydrogens (primary N) is 1. The number of amides is 2. The van der Waals surface area contributed by atoms with Crippen molar-refractivity contribution in [2.24, 2.45) is 11.1 Å². The van der Waals surface area contributed by atoms with E-state index in [0.29, 0.717) is 6.54 Å². The standard InChI is InChI=1S/C18H31N3O3/c1-16(2,3)24-15(23)20-13-5-4-10-21(11-13)14(22)17-6-8-18(19,12-17)9-7-17/h13H,4-12,19H2,1-3H3,(H,20,23)/t13-,17?,18?/m1/s1. The van der Waals surface area contributed by atoms with E-state index in [2.05, 4.69) is 5.32 Å². The van der Waals surface area contributed by atoms with Crippen LogP contribution in [0.25, 0.3) is 0 Å². The molecule has 2 aliphatic carbocycles. The van der Waals surface area contributed by atoms with E-state index in [9.17, 15) is 9.59 Å². The molecule has 3 N–H and O–H groups in total. The van der Waals surface area contributed by atoms with Gasteiger partial charge < -0.3 is 20.7 Å². The molecule has 1 heterocycles. The number of fused-ring (bicyclic) bond motifs is 2. The summed E-state index contributed by atoms with van der Waals surface area (Å²) in [6.45, 7) is 6.91. The number of carbonyl (C=O) groups is 2. The summed E-state index contributed by atoms with van der Waals surface area (Å²) in [6, 6.07) is -0.0283. The van der Waals surface area contributed by atoms with Crippen LogP contribution < -0.4 is 11.1 Å². The highest BCUT2D eigenvalue weighted by molar-refractivity contribution is 5.84. The summed E-state index contributed by atoms with van der Waals surface area (Å²) in [7, 11) is 0. The van der Waals surface area contributed by atoms with E-state index in [1.54, 1.807) is 0 Å². The Hall–Kier alpha value is -1.30. The smallest absolute Gasteiger partial charge is 0.407 e. The predicted octanol–water partition coefficient (Wildman–Crippen LogP) is 2.16. The minimum absolute atomic E-state index is 0.0283. The van der Waals surface area contributed by atoms with Gasteiger partial charge in [-0.1, -0.05) is 0 Å². The molecule has 0 aromatic heterocycles. The first-order valence-electron chi connectivity index (χ1n) is 9.19. The van der Waals surface area contributed by atoms with Gasteiger partial charge in [0.15, 0.2) is 0 Å². The second-order valence-electron chi connectivity index (χ2n) is 9.06. The maximum atomic E-state index is 13.1. The second-order valence-corrected chi connectivity index (χ2v) is 9.06. The summed E-state index contributed by atoms with van der Waals surface area (Å²) < 4.78 is 5.33. The molecule has 24 heavy (non-hydrogen) atoms. The van der Waals surface area contributed by atoms with Gasteiger partial charge in [0.05, 0.1) is 5.41 Å². The molecule has 136 valence electrons. The van der Waals surface area contributed by atoms with Gasteiger partial charge in [-0.3, -0.25) is 4.79 Å². The van der Waals surface area contributed by atoms with Gasteiger partial charge >= 0.3 is 6.09 Å². The molecule has 0 aromatic rings. The molecule has 1 aliphatic heterocycles. The zero-order chi connectivity index (χ0) is 17.6. The van der Waals surface area contributed by atoms with Crippen molar-refractivity contribution in [3.63, 3.8) is 0 Å². The summed E-state index contributed by atoms with van der Waals surface area (Å²) in [5.74, 6) is 0.253. The third-order valence-electron chi connectivity index (χ3n) is 5.78. The van der Waals surface area contributed by atoms with Crippen LogP contribution in [0.4, 0.5) is 4.79 Å². The van der Waals surface area contributed by atoms with Crippen LogP contribution in [0.3, 0.4) is 0 Å². The van der Waals surface area contributed by atoms with E-state index in [0.717, 1.165) is 51.5 Å². The van der Waals surface area contributed by atoms with Crippen LogP contribution in [0.15, 0.2) is 0 Å². The first kappa shape index (κ1) is 17.5. The minimum atomic E-state index is -0.509. The molecule has 6 heteroatoms. The predicted molar refractivity (Wildman–Crippen MR) is 91.4 cm³/mol. The Morgan fingerprint density at radius 3 is 2.42 bits per heavy atom. The van der Waals surface area contributed by atoms with Gasteiger partial charge in [0.1, 0.15) is 5.60 Å². The minimum Gasteiger partial charge on any atom is -0.444 e. The highest BCUT2D eigenvalue weighted by Crippen LogP contribution is 2.56. The van der Waals surface area contributed by atoms with Crippen LogP contribution >= 0.6 is 0 Å². The topological polar surface area (TPSA) is 84.7 Å². The molecular weight excluding hydrogens is 306 g/mol. The summed E-state index contributed by atoms with van der Waals surface area (Å²) in [4.78, 5) is 27.0. The quantitative estimate of drug-likeness (QED) is 0.809. The Kier molecular flexibility index (Phi) is 4.31. The Morgan fingerprint density at radius 2 is 1.88 bits per heavy atom. The molecule has 0 aromatic carbocycles. The van der Waals surface area contributed by atoms with Gasteiger partial charge in [0, 0.05) is 24.7 Å². The largest absolute Gasteiger partial charge is 0.444 e. The molecule has 3 aliphatic rings. The maximum absolute atomic E-state index is 13.1. The Morgan fingerprint density at radius 1 is 1.21 bits per heavy atom. The first-order chi connectivity index (χ1) is 11.1. The number of likely N-dealkylation sites (tertiary alicyclic amines) is 1. The van der Waals surface area contributed by atoms with Crippen molar-refractivity contribution in [2.75, 3.05) is 13.1 Å². The van der Waals surface area contributed by atoms with Crippen LogP contribution in [0.2, 0.25) is 0 Å². The van der Waals surface area contributed by atoms with Crippen molar-refractivity contribution in [2.45, 2.75) is 82.9 Å². The Bertz CT molecular complexity index is 518. The molecular formula is C18H31N3O3. The summed E-state index contributed by atoms with van der Waals surface area (Å²) in [5, 5.41) is 2.92. The van der Waals surface area contributed by atoms with Gasteiger partial charge in [-0.2, -0.15) is 0 Å². The van der Waals surface area contributed by atoms with Crippen LogP contribution in [0, 0.1) is 5.41 Å². The number of hydrogen-bond acceptors (Lipinski definition) is 4. The molecule has 0 radical (unpaired) electrons. The van der Waals surface area contributed by atoms with E-state index in [1.165, 1.54) is 0 Å². The maximum Gasteiger partial charge on any atom is 0.407 e. The normalized spacial score (nSPS) is 35.8. The Labute approximate surface area is 144 Å². The number of rotatable bonds is 2. The lowest BCUT2D eigenvalue weighted by molar-refractivity contribution is -0.143. The molecule has 2 amide bonds. The SMILES string of the molecule is CC(C)(C)OC(=O)N[C@@H]1CCCN(C(=O)C23CCC(N)(CC2)C3)C1. The monoisotopic (exact) mass is 337 g/mol. The molecule has 2 saturated carbocycles. The van der Waals surface area contributed by atoms with Crippen molar-refractivity contribution in [3.8, 4) is 0 Å². The summed E-state index contributed by atoms with van der Waals surface area (Å²) in [5.41, 5.74) is 5.51. The zero-order valence-electron chi connectivity index (χ0n) is 15.2. The number of alkyl carbamates (subject to hydrolysis) is 1. The fourth-order valence-electron chi connectivity index (χ4n) is 4.63. The van der Waals surface area contributed by atoms with E-state index in [1.807, 2.05) is 25.7 Å². The van der Waals surface area contributed by atoms with Crippen LogP contribution in [-0.2, 0) is 9.53 Å². The van der Waals surface area contributed by atoms with Crippen molar-refractivity contribution in [1.29, 1.82) is 0 Å². The van der Waals surface area contributed by atoms with Crippen molar-refractivity contribution < 1.29 is 14.3 Å². The van der Waals surface area contributed by atoms with E-state index >= 15 is 0 Å². The van der Waals surface area contributed by atoms with Crippen molar-refractivity contribution in [3.05, 3.63) is 0 Å². The number of piperidine rings is 1. The van der Waals surface area contributed by atoms with Crippen LogP contribution in [0.1, 0.15) is 65.7 Å². The average molecular weight is 337 g/mol. The fraction of sp³-hybridized carbons (Fsp3) is 0.889. The zero-order valence-corrected chi connectivity index (χ0v) is 15.2. The number of nitrogens with one attached hydrogen (secondary N) is 1. The molecule has 1 atom stereocenters. The highest BCUT2D eigenvalue weighted by Gasteiger charge is 2.57. The first-order valence-corrected chi connectivity index (χ1v) is 9.19. The Balaban J connectivity index is 1.58. The molecule has 3 fully saturated rings. The van der Waals surface area contributed by atoms with Gasteiger partial charge in [-0.25, -0.2) is 4.79 Å². The lowest BCUT2D eigenvalue weighted by Crippen LogP contribution is -2.53. The van der Waals surface area contributed by atoms with Gasteiger partial charge in [0.2, 0.25) is 5.91 Å². The third kappa shape index (κ3) is 3.53. The molecule has 6 nitrogen and oxygen atoms in total. The van der Waals surface area contributed by atoms with Crippen molar-refractivity contribution in [1.82, 2.24) is 10.2 Å².